The van der Waals surface area contributed by atoms with Gasteiger partial charge in [0.1, 0.15) is 4.88 Å². The van der Waals surface area contributed by atoms with E-state index >= 15 is 0 Å². The Kier molecular flexibility index (Phi) is 4.32. The number of hydrogen-bond acceptors (Lipinski definition) is 5. The van der Waals surface area contributed by atoms with E-state index in [4.69, 9.17) is 0 Å². The number of rotatable bonds is 4. The number of nitrogens with one attached hydrogen (secondary N) is 1. The molecule has 2 rings (SSSR count). The molecule has 0 saturated heterocycles. The second kappa shape index (κ2) is 6.01. The summed E-state index contributed by atoms with van der Waals surface area (Å²) < 4.78 is 3.77. The maximum Gasteiger partial charge on any atom is 0.336 e. The zero-order valence-electron chi connectivity index (χ0n) is 11.9. The number of carboxylic acid groups (broad SMARTS) is 1. The van der Waals surface area contributed by atoms with Crippen molar-refractivity contribution in [2.75, 3.05) is 5.32 Å². The van der Waals surface area contributed by atoms with Gasteiger partial charge in [0.2, 0.25) is 0 Å². The summed E-state index contributed by atoms with van der Waals surface area (Å²) in [4.78, 5) is 23.9. The second-order valence-electron chi connectivity index (χ2n) is 4.63. The minimum atomic E-state index is -1.01. The molecular weight excluding hydrogens is 290 g/mol. The Bertz CT molecular complexity index is 709. The molecule has 21 heavy (non-hydrogen) atoms. The lowest BCUT2D eigenvalue weighted by Gasteiger charge is -2.10. The maximum atomic E-state index is 12.2. The fourth-order valence-corrected chi connectivity index (χ4v) is 2.60. The molecule has 1 amide bonds. The zero-order valence-corrected chi connectivity index (χ0v) is 12.7. The van der Waals surface area contributed by atoms with Gasteiger partial charge in [0.25, 0.3) is 5.91 Å². The summed E-state index contributed by atoms with van der Waals surface area (Å²) in [7, 11) is 0. The quantitative estimate of drug-likeness (QED) is 0.906. The molecule has 2 aromatic rings. The van der Waals surface area contributed by atoms with Gasteiger partial charge in [-0.2, -0.15) is 0 Å². The number of anilines is 1. The van der Waals surface area contributed by atoms with Gasteiger partial charge in [-0.15, -0.1) is 5.10 Å². The van der Waals surface area contributed by atoms with Gasteiger partial charge in [-0.05, 0) is 55.1 Å². The summed E-state index contributed by atoms with van der Waals surface area (Å²) >= 11 is 1.03. The number of aromatic nitrogens is 2. The number of carbonyl (C=O) groups excluding carboxylic acids is 1. The van der Waals surface area contributed by atoms with Crippen LogP contribution in [0.3, 0.4) is 0 Å². The van der Waals surface area contributed by atoms with Crippen molar-refractivity contribution < 1.29 is 14.7 Å². The average Bonchev–Trinajstić information content (AvgIpc) is 2.90. The summed E-state index contributed by atoms with van der Waals surface area (Å²) in [6.07, 6.45) is 0.618. The number of aromatic carboxylic acids is 1. The van der Waals surface area contributed by atoms with E-state index in [1.165, 1.54) is 6.07 Å². The van der Waals surface area contributed by atoms with E-state index in [9.17, 15) is 14.7 Å². The Balaban J connectivity index is 2.32. The predicted octanol–water partition coefficient (Wildman–Crippen LogP) is 2.67. The van der Waals surface area contributed by atoms with Gasteiger partial charge < -0.3 is 10.4 Å². The first kappa shape index (κ1) is 15.1. The Labute approximate surface area is 126 Å². The Morgan fingerprint density at radius 1 is 1.33 bits per heavy atom. The third kappa shape index (κ3) is 3.08. The van der Waals surface area contributed by atoms with E-state index in [0.717, 1.165) is 17.1 Å². The highest BCUT2D eigenvalue weighted by molar-refractivity contribution is 7.08. The molecule has 1 aromatic carbocycles. The van der Waals surface area contributed by atoms with Crippen LogP contribution in [0.15, 0.2) is 12.1 Å². The van der Waals surface area contributed by atoms with E-state index < -0.39 is 5.97 Å². The van der Waals surface area contributed by atoms with E-state index in [2.05, 4.69) is 14.9 Å². The standard InChI is InChI=1S/C14H15N3O3S/c1-4-11-12(21-17-16-11)13(18)15-9-5-7(2)8(3)10(6-9)14(19)20/h5-6H,4H2,1-3H3,(H,15,18)(H,19,20). The first-order valence-corrected chi connectivity index (χ1v) is 7.18. The molecule has 0 fully saturated rings. The van der Waals surface area contributed by atoms with Crippen molar-refractivity contribution in [1.29, 1.82) is 0 Å². The lowest BCUT2D eigenvalue weighted by atomic mass is 10.0. The number of carboxylic acids is 1. The van der Waals surface area contributed by atoms with Crippen LogP contribution in [0.1, 0.15) is 43.8 Å². The number of aryl methyl sites for hydroxylation is 2. The monoisotopic (exact) mass is 305 g/mol. The van der Waals surface area contributed by atoms with Gasteiger partial charge in [-0.25, -0.2) is 4.79 Å². The van der Waals surface area contributed by atoms with Crippen molar-refractivity contribution in [3.8, 4) is 0 Å². The average molecular weight is 305 g/mol. The van der Waals surface area contributed by atoms with Crippen LogP contribution >= 0.6 is 11.5 Å². The molecule has 2 N–H and O–H groups in total. The molecule has 1 aromatic heterocycles. The third-order valence-corrected chi connectivity index (χ3v) is 4.02. The highest BCUT2D eigenvalue weighted by atomic mass is 32.1. The molecule has 0 atom stereocenters. The highest BCUT2D eigenvalue weighted by Crippen LogP contribution is 2.21. The lowest BCUT2D eigenvalue weighted by molar-refractivity contribution is 0.0695. The van der Waals surface area contributed by atoms with E-state index in [1.54, 1.807) is 13.0 Å². The fraction of sp³-hybridized carbons (Fsp3) is 0.286. The van der Waals surface area contributed by atoms with E-state index in [0.29, 0.717) is 28.2 Å². The van der Waals surface area contributed by atoms with Crippen LogP contribution in [0.25, 0.3) is 0 Å². The second-order valence-corrected chi connectivity index (χ2v) is 5.38. The number of benzene rings is 1. The van der Waals surface area contributed by atoms with Crippen LogP contribution in [-0.4, -0.2) is 26.6 Å². The van der Waals surface area contributed by atoms with Crippen molar-refractivity contribution in [2.24, 2.45) is 0 Å². The molecule has 110 valence electrons. The molecule has 0 aliphatic rings. The molecule has 0 spiro atoms. The van der Waals surface area contributed by atoms with Crippen LogP contribution < -0.4 is 5.32 Å². The molecule has 7 heteroatoms. The van der Waals surface area contributed by atoms with Gasteiger partial charge in [0.15, 0.2) is 0 Å². The van der Waals surface area contributed by atoms with Crippen LogP contribution in [-0.2, 0) is 6.42 Å². The van der Waals surface area contributed by atoms with Crippen molar-refractivity contribution in [1.82, 2.24) is 9.59 Å². The smallest absolute Gasteiger partial charge is 0.336 e. The lowest BCUT2D eigenvalue weighted by Crippen LogP contribution is -2.13. The van der Waals surface area contributed by atoms with Crippen molar-refractivity contribution >= 4 is 29.1 Å². The molecule has 0 saturated carbocycles. The normalized spacial score (nSPS) is 10.4. The zero-order chi connectivity index (χ0) is 15.6. The summed E-state index contributed by atoms with van der Waals surface area (Å²) in [5.41, 5.74) is 2.77. The minimum Gasteiger partial charge on any atom is -0.478 e. The van der Waals surface area contributed by atoms with Crippen LogP contribution in [0, 0.1) is 13.8 Å². The molecule has 0 bridgehead atoms. The maximum absolute atomic E-state index is 12.2. The van der Waals surface area contributed by atoms with E-state index in [1.807, 2.05) is 13.8 Å². The van der Waals surface area contributed by atoms with E-state index in [-0.39, 0.29) is 11.5 Å². The summed E-state index contributed by atoms with van der Waals surface area (Å²) in [5.74, 6) is -1.33. The van der Waals surface area contributed by atoms with Crippen molar-refractivity contribution in [3.63, 3.8) is 0 Å². The Morgan fingerprint density at radius 3 is 2.67 bits per heavy atom. The van der Waals surface area contributed by atoms with Crippen LogP contribution in [0.4, 0.5) is 5.69 Å². The number of nitrogens with zero attached hydrogens (tertiary/aromatic N) is 2. The number of carbonyl (C=O) groups is 2. The molecule has 0 unspecified atom stereocenters. The van der Waals surface area contributed by atoms with Crippen LogP contribution in [0.5, 0.6) is 0 Å². The number of hydrogen-bond donors (Lipinski definition) is 2. The summed E-state index contributed by atoms with van der Waals surface area (Å²) in [6, 6.07) is 3.21. The molecule has 0 aliphatic heterocycles. The predicted molar refractivity (Wildman–Crippen MR) is 80.1 cm³/mol. The summed E-state index contributed by atoms with van der Waals surface area (Å²) in [5, 5.41) is 15.8. The SMILES string of the molecule is CCc1nnsc1C(=O)Nc1cc(C)c(C)c(C(=O)O)c1. The molecule has 1 heterocycles. The largest absolute Gasteiger partial charge is 0.478 e. The van der Waals surface area contributed by atoms with Gasteiger partial charge >= 0.3 is 5.97 Å². The first-order chi connectivity index (χ1) is 9.93. The van der Waals surface area contributed by atoms with Gasteiger partial charge in [0, 0.05) is 5.69 Å². The van der Waals surface area contributed by atoms with Gasteiger partial charge in [-0.1, -0.05) is 11.4 Å². The molecule has 0 radical (unpaired) electrons. The number of amides is 1. The third-order valence-electron chi connectivity index (χ3n) is 3.25. The Hall–Kier alpha value is -2.28. The summed E-state index contributed by atoms with van der Waals surface area (Å²) in [6.45, 7) is 5.45. The highest BCUT2D eigenvalue weighted by Gasteiger charge is 2.17. The topological polar surface area (TPSA) is 92.2 Å². The minimum absolute atomic E-state index is 0.184. The van der Waals surface area contributed by atoms with Gasteiger partial charge in [-0.3, -0.25) is 4.79 Å². The van der Waals surface area contributed by atoms with Gasteiger partial charge in [0.05, 0.1) is 11.3 Å². The van der Waals surface area contributed by atoms with Crippen molar-refractivity contribution in [2.45, 2.75) is 27.2 Å². The molecular formula is C14H15N3O3S. The van der Waals surface area contributed by atoms with Crippen molar-refractivity contribution in [3.05, 3.63) is 39.4 Å². The van der Waals surface area contributed by atoms with Crippen LogP contribution in [0.2, 0.25) is 0 Å². The first-order valence-electron chi connectivity index (χ1n) is 6.41. The molecule has 6 nitrogen and oxygen atoms in total. The fourth-order valence-electron chi connectivity index (χ4n) is 1.95. The Morgan fingerprint density at radius 2 is 2.05 bits per heavy atom. The molecule has 0 aliphatic carbocycles.